The number of rotatable bonds is 3. The molecule has 1 unspecified atom stereocenters. The maximum absolute atomic E-state index is 13.8. The Balaban J connectivity index is 2.20. The first-order valence-corrected chi connectivity index (χ1v) is 7.44. The topological polar surface area (TPSA) is 41.1 Å². The number of carbonyl (C=O) groups is 1. The van der Waals surface area contributed by atoms with E-state index in [-0.39, 0.29) is 16.1 Å². The Labute approximate surface area is 125 Å². The van der Waals surface area contributed by atoms with Gasteiger partial charge < -0.3 is 10.6 Å². The van der Waals surface area contributed by atoms with E-state index in [1.807, 2.05) is 6.92 Å². The SMILES string of the molecule is CCC1(C(=O)Nc2cc(F)c(Br)cc2F)CCCNC1. The largest absolute Gasteiger partial charge is 0.323 e. The summed E-state index contributed by atoms with van der Waals surface area (Å²) in [5, 5.41) is 5.72. The normalized spacial score (nSPS) is 22.6. The molecule has 1 saturated heterocycles. The van der Waals surface area contributed by atoms with Gasteiger partial charge in [0.15, 0.2) is 0 Å². The van der Waals surface area contributed by atoms with Gasteiger partial charge in [0.1, 0.15) is 11.6 Å². The number of hydrogen-bond acceptors (Lipinski definition) is 2. The van der Waals surface area contributed by atoms with E-state index in [0.717, 1.165) is 31.5 Å². The number of amides is 1. The van der Waals surface area contributed by atoms with Crippen molar-refractivity contribution in [3.05, 3.63) is 28.2 Å². The van der Waals surface area contributed by atoms with Crippen molar-refractivity contribution in [2.24, 2.45) is 5.41 Å². The Morgan fingerprint density at radius 2 is 2.20 bits per heavy atom. The second kappa shape index (κ2) is 6.18. The van der Waals surface area contributed by atoms with Crippen molar-refractivity contribution in [3.8, 4) is 0 Å². The van der Waals surface area contributed by atoms with E-state index in [0.29, 0.717) is 13.0 Å². The van der Waals surface area contributed by atoms with E-state index in [2.05, 4.69) is 26.6 Å². The highest BCUT2D eigenvalue weighted by molar-refractivity contribution is 9.10. The molecule has 2 rings (SSSR count). The number of benzene rings is 1. The number of piperidine rings is 1. The number of hydrogen-bond donors (Lipinski definition) is 2. The van der Waals surface area contributed by atoms with E-state index in [4.69, 9.17) is 0 Å². The highest BCUT2D eigenvalue weighted by Gasteiger charge is 2.38. The van der Waals surface area contributed by atoms with Gasteiger partial charge in [0.2, 0.25) is 5.91 Å². The maximum Gasteiger partial charge on any atom is 0.231 e. The third kappa shape index (κ3) is 3.01. The standard InChI is InChI=1S/C14H17BrF2N2O/c1-2-14(4-3-5-18-8-14)13(20)19-12-7-10(16)9(15)6-11(12)17/h6-7,18H,2-5,8H2,1H3,(H,19,20). The van der Waals surface area contributed by atoms with Gasteiger partial charge in [-0.1, -0.05) is 6.92 Å². The molecule has 1 aliphatic rings. The lowest BCUT2D eigenvalue weighted by Gasteiger charge is -2.35. The number of carbonyl (C=O) groups excluding carboxylic acids is 1. The van der Waals surface area contributed by atoms with Gasteiger partial charge in [-0.3, -0.25) is 4.79 Å². The predicted molar refractivity (Wildman–Crippen MR) is 77.5 cm³/mol. The fourth-order valence-electron chi connectivity index (χ4n) is 2.50. The van der Waals surface area contributed by atoms with Crippen molar-refractivity contribution in [2.75, 3.05) is 18.4 Å². The van der Waals surface area contributed by atoms with Crippen molar-refractivity contribution in [1.29, 1.82) is 0 Å². The van der Waals surface area contributed by atoms with Crippen LogP contribution in [-0.2, 0) is 4.79 Å². The van der Waals surface area contributed by atoms with Crippen molar-refractivity contribution in [3.63, 3.8) is 0 Å². The fourth-order valence-corrected chi connectivity index (χ4v) is 2.81. The van der Waals surface area contributed by atoms with Crippen LogP contribution in [0.4, 0.5) is 14.5 Å². The average molecular weight is 347 g/mol. The van der Waals surface area contributed by atoms with E-state index >= 15 is 0 Å². The molecule has 1 amide bonds. The van der Waals surface area contributed by atoms with E-state index in [1.54, 1.807) is 0 Å². The van der Waals surface area contributed by atoms with Crippen LogP contribution >= 0.6 is 15.9 Å². The molecule has 1 aromatic rings. The first kappa shape index (κ1) is 15.4. The lowest BCUT2D eigenvalue weighted by atomic mass is 9.77. The Kier molecular flexibility index (Phi) is 4.75. The zero-order chi connectivity index (χ0) is 14.8. The smallest absolute Gasteiger partial charge is 0.231 e. The summed E-state index contributed by atoms with van der Waals surface area (Å²) in [6.45, 7) is 3.39. The van der Waals surface area contributed by atoms with Crippen LogP contribution in [-0.4, -0.2) is 19.0 Å². The predicted octanol–water partition coefficient (Wildman–Crippen LogP) is 3.45. The van der Waals surface area contributed by atoms with Gasteiger partial charge in [0.25, 0.3) is 0 Å². The molecule has 1 aliphatic heterocycles. The molecule has 1 fully saturated rings. The van der Waals surface area contributed by atoms with Crippen molar-refractivity contribution in [2.45, 2.75) is 26.2 Å². The fraction of sp³-hybridized carbons (Fsp3) is 0.500. The van der Waals surface area contributed by atoms with Crippen LogP contribution in [0, 0.1) is 17.0 Å². The lowest BCUT2D eigenvalue weighted by molar-refractivity contribution is -0.126. The molecule has 0 spiro atoms. The van der Waals surface area contributed by atoms with Crippen LogP contribution in [0.3, 0.4) is 0 Å². The number of nitrogens with one attached hydrogen (secondary N) is 2. The zero-order valence-electron chi connectivity index (χ0n) is 11.2. The summed E-state index contributed by atoms with van der Waals surface area (Å²) < 4.78 is 27.3. The summed E-state index contributed by atoms with van der Waals surface area (Å²) in [7, 11) is 0. The molecule has 20 heavy (non-hydrogen) atoms. The van der Waals surface area contributed by atoms with Gasteiger partial charge in [0, 0.05) is 12.6 Å². The minimum absolute atomic E-state index is 0.0394. The minimum atomic E-state index is -0.651. The van der Waals surface area contributed by atoms with E-state index in [9.17, 15) is 13.6 Å². The van der Waals surface area contributed by atoms with Gasteiger partial charge in [-0.05, 0) is 47.8 Å². The molecule has 0 bridgehead atoms. The molecule has 2 N–H and O–H groups in total. The molecule has 0 radical (unpaired) electrons. The molecule has 1 aromatic carbocycles. The summed E-state index contributed by atoms with van der Waals surface area (Å²) in [4.78, 5) is 12.4. The summed E-state index contributed by atoms with van der Waals surface area (Å²) >= 11 is 2.91. The third-order valence-electron chi connectivity index (χ3n) is 3.89. The summed E-state index contributed by atoms with van der Waals surface area (Å²) in [6.07, 6.45) is 2.31. The van der Waals surface area contributed by atoms with Crippen molar-refractivity contribution < 1.29 is 13.6 Å². The van der Waals surface area contributed by atoms with Gasteiger partial charge in [-0.25, -0.2) is 8.78 Å². The highest BCUT2D eigenvalue weighted by atomic mass is 79.9. The second-order valence-corrected chi connectivity index (χ2v) is 5.97. The molecule has 110 valence electrons. The number of anilines is 1. The Morgan fingerprint density at radius 1 is 1.45 bits per heavy atom. The number of halogens is 3. The molecular weight excluding hydrogens is 330 g/mol. The molecule has 6 heteroatoms. The van der Waals surface area contributed by atoms with E-state index < -0.39 is 17.0 Å². The summed E-state index contributed by atoms with van der Waals surface area (Å²) in [5.41, 5.74) is -0.664. The summed E-state index contributed by atoms with van der Waals surface area (Å²) in [6, 6.07) is 2.01. The monoisotopic (exact) mass is 346 g/mol. The van der Waals surface area contributed by atoms with Gasteiger partial charge in [-0.15, -0.1) is 0 Å². The molecule has 0 saturated carbocycles. The van der Waals surface area contributed by atoms with Crippen LogP contribution in [0.15, 0.2) is 16.6 Å². The molecule has 1 atom stereocenters. The van der Waals surface area contributed by atoms with Crippen LogP contribution in [0.5, 0.6) is 0 Å². The van der Waals surface area contributed by atoms with Crippen LogP contribution < -0.4 is 10.6 Å². The van der Waals surface area contributed by atoms with E-state index in [1.165, 1.54) is 0 Å². The van der Waals surface area contributed by atoms with Crippen LogP contribution in [0.25, 0.3) is 0 Å². The Bertz CT molecular complexity index is 516. The molecule has 0 aromatic heterocycles. The third-order valence-corrected chi connectivity index (χ3v) is 4.50. The quantitative estimate of drug-likeness (QED) is 0.823. The van der Waals surface area contributed by atoms with Crippen LogP contribution in [0.2, 0.25) is 0 Å². The maximum atomic E-state index is 13.8. The summed E-state index contributed by atoms with van der Waals surface area (Å²) in [5.74, 6) is -1.51. The average Bonchev–Trinajstić information content (AvgIpc) is 2.45. The van der Waals surface area contributed by atoms with Crippen molar-refractivity contribution >= 4 is 27.5 Å². The Morgan fingerprint density at radius 3 is 2.80 bits per heavy atom. The lowest BCUT2D eigenvalue weighted by Crippen LogP contribution is -2.47. The zero-order valence-corrected chi connectivity index (χ0v) is 12.8. The molecule has 0 aliphatic carbocycles. The van der Waals surface area contributed by atoms with Gasteiger partial charge >= 0.3 is 0 Å². The second-order valence-electron chi connectivity index (χ2n) is 5.11. The van der Waals surface area contributed by atoms with Crippen molar-refractivity contribution in [1.82, 2.24) is 5.32 Å². The highest BCUT2D eigenvalue weighted by Crippen LogP contribution is 2.32. The first-order chi connectivity index (χ1) is 9.48. The molecule has 3 nitrogen and oxygen atoms in total. The van der Waals surface area contributed by atoms with Crippen LogP contribution in [0.1, 0.15) is 26.2 Å². The minimum Gasteiger partial charge on any atom is -0.323 e. The van der Waals surface area contributed by atoms with Gasteiger partial charge in [-0.2, -0.15) is 0 Å². The van der Waals surface area contributed by atoms with Gasteiger partial charge in [0.05, 0.1) is 15.6 Å². The Hall–Kier alpha value is -1.01. The first-order valence-electron chi connectivity index (χ1n) is 6.65. The molecule has 1 heterocycles. The molecular formula is C14H17BrF2N2O.